The third-order valence-corrected chi connectivity index (χ3v) is 5.05. The predicted octanol–water partition coefficient (Wildman–Crippen LogP) is 2.47. The van der Waals surface area contributed by atoms with Gasteiger partial charge in [0.15, 0.2) is 5.82 Å². The SMILES string of the molecule is C[Si](C)(C)CCOCn1nc(N)c2nc(Cl)cc(CO)c21. The number of halogens is 1. The number of fused-ring (bicyclic) bond motifs is 1. The van der Waals surface area contributed by atoms with Crippen LogP contribution in [0.5, 0.6) is 0 Å². The van der Waals surface area contributed by atoms with Gasteiger partial charge in [0.05, 0.1) is 12.1 Å². The largest absolute Gasteiger partial charge is 0.392 e. The Morgan fingerprint density at radius 2 is 2.14 bits per heavy atom. The summed E-state index contributed by atoms with van der Waals surface area (Å²) >= 11 is 5.92. The Balaban J connectivity index is 2.20. The second-order valence-corrected chi connectivity index (χ2v) is 12.2. The summed E-state index contributed by atoms with van der Waals surface area (Å²) in [7, 11) is -1.12. The van der Waals surface area contributed by atoms with E-state index >= 15 is 0 Å². The Morgan fingerprint density at radius 3 is 2.76 bits per heavy atom. The molecule has 3 N–H and O–H groups in total. The van der Waals surface area contributed by atoms with Crippen molar-refractivity contribution in [1.82, 2.24) is 14.8 Å². The van der Waals surface area contributed by atoms with Gasteiger partial charge in [-0.15, -0.1) is 0 Å². The molecule has 0 bridgehead atoms. The molecule has 0 fully saturated rings. The number of anilines is 1. The first kappa shape index (κ1) is 16.2. The average Bonchev–Trinajstić information content (AvgIpc) is 2.70. The highest BCUT2D eigenvalue weighted by Gasteiger charge is 2.16. The fourth-order valence-electron chi connectivity index (χ4n) is 1.99. The van der Waals surface area contributed by atoms with E-state index in [1.807, 2.05) is 0 Å². The number of nitrogen functional groups attached to an aromatic ring is 1. The first-order chi connectivity index (χ1) is 9.81. The highest BCUT2D eigenvalue weighted by Crippen LogP contribution is 2.25. The van der Waals surface area contributed by atoms with E-state index in [9.17, 15) is 5.11 Å². The van der Waals surface area contributed by atoms with E-state index in [1.54, 1.807) is 10.7 Å². The van der Waals surface area contributed by atoms with Gasteiger partial charge < -0.3 is 15.6 Å². The van der Waals surface area contributed by atoms with Crippen molar-refractivity contribution in [2.24, 2.45) is 0 Å². The fourth-order valence-corrected chi connectivity index (χ4v) is 2.97. The van der Waals surface area contributed by atoms with Crippen LogP contribution in [0, 0.1) is 0 Å². The molecule has 0 atom stereocenters. The minimum atomic E-state index is -1.12. The number of aliphatic hydroxyl groups excluding tert-OH is 1. The van der Waals surface area contributed by atoms with Crippen LogP contribution in [0.2, 0.25) is 30.8 Å². The van der Waals surface area contributed by atoms with Gasteiger partial charge in [0.25, 0.3) is 0 Å². The first-order valence-corrected chi connectivity index (χ1v) is 10.9. The van der Waals surface area contributed by atoms with Gasteiger partial charge >= 0.3 is 0 Å². The fraction of sp³-hybridized carbons (Fsp3) is 0.538. The van der Waals surface area contributed by atoms with Crippen LogP contribution in [0.3, 0.4) is 0 Å². The summed E-state index contributed by atoms with van der Waals surface area (Å²) in [5.74, 6) is 0.288. The number of nitrogens with zero attached hydrogens (tertiary/aromatic N) is 3. The maximum absolute atomic E-state index is 9.47. The maximum Gasteiger partial charge on any atom is 0.172 e. The minimum absolute atomic E-state index is 0.154. The molecule has 0 aliphatic heterocycles. The number of hydrogen-bond donors (Lipinski definition) is 2. The van der Waals surface area contributed by atoms with Gasteiger partial charge in [-0.25, -0.2) is 9.67 Å². The van der Waals surface area contributed by atoms with Crippen molar-refractivity contribution >= 4 is 36.5 Å². The number of hydrogen-bond acceptors (Lipinski definition) is 5. The second-order valence-electron chi connectivity index (χ2n) is 6.19. The molecule has 8 heteroatoms. The molecule has 0 unspecified atom stereocenters. The minimum Gasteiger partial charge on any atom is -0.392 e. The lowest BCUT2D eigenvalue weighted by Crippen LogP contribution is -2.22. The van der Waals surface area contributed by atoms with E-state index in [0.717, 1.165) is 6.04 Å². The van der Waals surface area contributed by atoms with Gasteiger partial charge in [0.1, 0.15) is 17.4 Å². The molecule has 6 nitrogen and oxygen atoms in total. The number of aliphatic hydroxyl groups is 1. The van der Waals surface area contributed by atoms with Crippen molar-refractivity contribution in [3.8, 4) is 0 Å². The molecular weight excluding hydrogens is 308 g/mol. The van der Waals surface area contributed by atoms with E-state index in [4.69, 9.17) is 22.1 Å². The van der Waals surface area contributed by atoms with E-state index < -0.39 is 8.07 Å². The number of ether oxygens (including phenoxy) is 1. The zero-order valence-electron chi connectivity index (χ0n) is 12.6. The van der Waals surface area contributed by atoms with Crippen molar-refractivity contribution in [3.05, 3.63) is 16.8 Å². The molecule has 0 saturated heterocycles. The Morgan fingerprint density at radius 1 is 1.43 bits per heavy atom. The van der Waals surface area contributed by atoms with Crippen molar-refractivity contribution in [2.45, 2.75) is 39.0 Å². The quantitative estimate of drug-likeness (QED) is 0.483. The third-order valence-electron chi connectivity index (χ3n) is 3.15. The van der Waals surface area contributed by atoms with Crippen LogP contribution >= 0.6 is 11.6 Å². The number of pyridine rings is 1. The van der Waals surface area contributed by atoms with Crippen molar-refractivity contribution < 1.29 is 9.84 Å². The summed E-state index contributed by atoms with van der Waals surface area (Å²) in [5, 5.41) is 14.0. The predicted molar refractivity (Wildman–Crippen MR) is 87.0 cm³/mol. The van der Waals surface area contributed by atoms with Gasteiger partial charge in [0.2, 0.25) is 0 Å². The van der Waals surface area contributed by atoms with Crippen molar-refractivity contribution in [2.75, 3.05) is 12.3 Å². The summed E-state index contributed by atoms with van der Waals surface area (Å²) < 4.78 is 7.31. The van der Waals surface area contributed by atoms with Gasteiger partial charge in [-0.3, -0.25) is 0 Å². The summed E-state index contributed by atoms with van der Waals surface area (Å²) in [4.78, 5) is 4.17. The molecule has 2 aromatic rings. The summed E-state index contributed by atoms with van der Waals surface area (Å²) in [6, 6.07) is 2.70. The molecule has 2 heterocycles. The molecule has 0 aliphatic rings. The Labute approximate surface area is 129 Å². The topological polar surface area (TPSA) is 86.2 Å². The summed E-state index contributed by atoms with van der Waals surface area (Å²) in [6.07, 6.45) is 0. The number of rotatable bonds is 6. The van der Waals surface area contributed by atoms with Crippen molar-refractivity contribution in [3.63, 3.8) is 0 Å². The standard InChI is InChI=1S/C13H21ClN4O2Si/c1-21(2,3)5-4-20-8-18-12-9(7-19)6-10(14)16-11(12)13(15)17-18/h6,19H,4-5,7-8H2,1-3H3,(H2,15,17). The van der Waals surface area contributed by atoms with Crippen LogP contribution in [0.25, 0.3) is 11.0 Å². The van der Waals surface area contributed by atoms with Gasteiger partial charge in [-0.2, -0.15) is 5.10 Å². The van der Waals surface area contributed by atoms with E-state index in [2.05, 4.69) is 29.7 Å². The van der Waals surface area contributed by atoms with Crippen LogP contribution in [0.4, 0.5) is 5.82 Å². The molecule has 0 aliphatic carbocycles. The van der Waals surface area contributed by atoms with Gasteiger partial charge in [0, 0.05) is 20.2 Å². The van der Waals surface area contributed by atoms with E-state index in [1.165, 1.54) is 0 Å². The number of aromatic nitrogens is 3. The lowest BCUT2D eigenvalue weighted by Gasteiger charge is -2.15. The van der Waals surface area contributed by atoms with Crippen molar-refractivity contribution in [1.29, 1.82) is 0 Å². The zero-order chi connectivity index (χ0) is 15.6. The lowest BCUT2D eigenvalue weighted by molar-refractivity contribution is 0.0817. The molecule has 116 valence electrons. The number of nitrogens with two attached hydrogens (primary N) is 1. The molecule has 0 spiro atoms. The van der Waals surface area contributed by atoms with Gasteiger partial charge in [-0.05, 0) is 12.1 Å². The smallest absolute Gasteiger partial charge is 0.172 e. The van der Waals surface area contributed by atoms with Crippen LogP contribution in [0.15, 0.2) is 6.07 Å². The van der Waals surface area contributed by atoms with Crippen LogP contribution in [-0.4, -0.2) is 34.6 Å². The molecule has 0 saturated carbocycles. The van der Waals surface area contributed by atoms with Crippen LogP contribution < -0.4 is 5.73 Å². The Bertz CT molecular complexity index is 639. The molecule has 2 aromatic heterocycles. The summed E-state index contributed by atoms with van der Waals surface area (Å²) in [6.45, 7) is 7.72. The highest BCUT2D eigenvalue weighted by atomic mass is 35.5. The summed E-state index contributed by atoms with van der Waals surface area (Å²) in [5.41, 5.74) is 7.68. The molecule has 0 amide bonds. The molecule has 2 rings (SSSR count). The Kier molecular flexibility index (Phi) is 4.87. The first-order valence-electron chi connectivity index (χ1n) is 6.82. The Hall–Kier alpha value is -1.15. The monoisotopic (exact) mass is 328 g/mol. The molecule has 21 heavy (non-hydrogen) atoms. The molecule has 0 aromatic carbocycles. The van der Waals surface area contributed by atoms with E-state index in [-0.39, 0.29) is 24.3 Å². The second kappa shape index (κ2) is 6.31. The van der Waals surface area contributed by atoms with E-state index in [0.29, 0.717) is 23.2 Å². The zero-order valence-corrected chi connectivity index (χ0v) is 14.3. The highest BCUT2D eigenvalue weighted by molar-refractivity contribution is 6.76. The molecule has 0 radical (unpaired) electrons. The molecular formula is C13H21ClN4O2Si. The van der Waals surface area contributed by atoms with Crippen LogP contribution in [0.1, 0.15) is 5.56 Å². The average molecular weight is 329 g/mol. The lowest BCUT2D eigenvalue weighted by atomic mass is 10.2. The van der Waals surface area contributed by atoms with Gasteiger partial charge in [-0.1, -0.05) is 31.2 Å². The van der Waals surface area contributed by atoms with Crippen LogP contribution in [-0.2, 0) is 18.1 Å². The maximum atomic E-state index is 9.47. The normalized spacial score (nSPS) is 12.2. The third kappa shape index (κ3) is 3.94.